The molecule has 1 aromatic heterocycles. The van der Waals surface area contributed by atoms with Gasteiger partial charge in [-0.15, -0.1) is 0 Å². The SMILES string of the molecule is CN1CCC(n2cc(CCCN)cn2)CC1. The number of likely N-dealkylation sites (tertiary alicyclic amines) is 1. The van der Waals surface area contributed by atoms with Crippen LogP contribution in [0.1, 0.15) is 30.9 Å². The average molecular weight is 222 g/mol. The molecule has 0 amide bonds. The zero-order chi connectivity index (χ0) is 11.4. The number of hydrogen-bond acceptors (Lipinski definition) is 3. The van der Waals surface area contributed by atoms with Crippen molar-refractivity contribution in [3.63, 3.8) is 0 Å². The molecule has 0 radical (unpaired) electrons. The molecule has 2 heterocycles. The standard InChI is InChI=1S/C12H22N4/c1-15-7-4-12(5-8-15)16-10-11(9-14-16)3-2-6-13/h9-10,12H,2-8,13H2,1H3. The Hall–Kier alpha value is -0.870. The predicted octanol–water partition coefficient (Wildman–Crippen LogP) is 1.04. The van der Waals surface area contributed by atoms with E-state index in [0.717, 1.165) is 19.4 Å². The molecule has 1 aliphatic heterocycles. The number of hydrogen-bond donors (Lipinski definition) is 1. The summed E-state index contributed by atoms with van der Waals surface area (Å²) in [4.78, 5) is 2.38. The van der Waals surface area contributed by atoms with Crippen LogP contribution in [0.2, 0.25) is 0 Å². The molecular weight excluding hydrogens is 200 g/mol. The van der Waals surface area contributed by atoms with Crippen LogP contribution in [-0.2, 0) is 6.42 Å². The van der Waals surface area contributed by atoms with Gasteiger partial charge in [0.05, 0.1) is 12.2 Å². The smallest absolute Gasteiger partial charge is 0.0543 e. The zero-order valence-electron chi connectivity index (χ0n) is 10.1. The molecule has 4 nitrogen and oxygen atoms in total. The maximum absolute atomic E-state index is 5.51. The highest BCUT2D eigenvalue weighted by Gasteiger charge is 2.18. The van der Waals surface area contributed by atoms with Gasteiger partial charge < -0.3 is 10.6 Å². The minimum absolute atomic E-state index is 0.600. The first-order chi connectivity index (χ1) is 7.79. The van der Waals surface area contributed by atoms with Crippen LogP contribution >= 0.6 is 0 Å². The van der Waals surface area contributed by atoms with E-state index in [-0.39, 0.29) is 0 Å². The van der Waals surface area contributed by atoms with Crippen molar-refractivity contribution in [3.8, 4) is 0 Å². The summed E-state index contributed by atoms with van der Waals surface area (Å²) in [6.45, 7) is 3.13. The second-order valence-corrected chi connectivity index (χ2v) is 4.76. The molecule has 1 aliphatic rings. The summed E-state index contributed by atoms with van der Waals surface area (Å²) in [6.07, 6.45) is 8.74. The Morgan fingerprint density at radius 2 is 2.19 bits per heavy atom. The summed E-state index contributed by atoms with van der Waals surface area (Å²) < 4.78 is 2.15. The molecule has 0 saturated carbocycles. The summed E-state index contributed by atoms with van der Waals surface area (Å²) in [5, 5.41) is 4.48. The quantitative estimate of drug-likeness (QED) is 0.828. The molecule has 4 heteroatoms. The molecule has 0 unspecified atom stereocenters. The lowest BCUT2D eigenvalue weighted by molar-refractivity contribution is 0.212. The van der Waals surface area contributed by atoms with Crippen molar-refractivity contribution in [2.75, 3.05) is 26.7 Å². The van der Waals surface area contributed by atoms with E-state index in [1.807, 2.05) is 6.20 Å². The van der Waals surface area contributed by atoms with E-state index in [0.29, 0.717) is 6.04 Å². The van der Waals surface area contributed by atoms with Gasteiger partial charge in [-0.05, 0) is 57.9 Å². The van der Waals surface area contributed by atoms with Gasteiger partial charge in [0.25, 0.3) is 0 Å². The number of rotatable bonds is 4. The summed E-state index contributed by atoms with van der Waals surface area (Å²) in [7, 11) is 2.19. The number of aryl methyl sites for hydroxylation is 1. The monoisotopic (exact) mass is 222 g/mol. The molecule has 1 aromatic rings. The fourth-order valence-electron chi connectivity index (χ4n) is 2.27. The number of nitrogens with zero attached hydrogens (tertiary/aromatic N) is 3. The first-order valence-electron chi connectivity index (χ1n) is 6.21. The van der Waals surface area contributed by atoms with Crippen molar-refractivity contribution in [1.29, 1.82) is 0 Å². The molecule has 1 saturated heterocycles. The van der Waals surface area contributed by atoms with Gasteiger partial charge in [-0.2, -0.15) is 5.10 Å². The summed E-state index contributed by atoms with van der Waals surface area (Å²) in [6, 6.07) is 0.600. The Kier molecular flexibility index (Phi) is 3.96. The van der Waals surface area contributed by atoms with Gasteiger partial charge in [0, 0.05) is 6.20 Å². The number of piperidine rings is 1. The maximum Gasteiger partial charge on any atom is 0.0543 e. The first-order valence-corrected chi connectivity index (χ1v) is 6.21. The van der Waals surface area contributed by atoms with Gasteiger partial charge in [-0.25, -0.2) is 0 Å². The van der Waals surface area contributed by atoms with E-state index >= 15 is 0 Å². The predicted molar refractivity (Wildman–Crippen MR) is 65.4 cm³/mol. The Morgan fingerprint density at radius 3 is 2.88 bits per heavy atom. The van der Waals surface area contributed by atoms with Crippen molar-refractivity contribution in [2.24, 2.45) is 5.73 Å². The molecule has 0 aromatic carbocycles. The topological polar surface area (TPSA) is 47.1 Å². The van der Waals surface area contributed by atoms with Crippen molar-refractivity contribution >= 4 is 0 Å². The number of nitrogens with two attached hydrogens (primary N) is 1. The largest absolute Gasteiger partial charge is 0.330 e. The van der Waals surface area contributed by atoms with Gasteiger partial charge >= 0.3 is 0 Å². The Bertz CT molecular complexity index is 313. The molecule has 2 rings (SSSR count). The highest BCUT2D eigenvalue weighted by atomic mass is 15.3. The van der Waals surface area contributed by atoms with Crippen LogP contribution in [0.3, 0.4) is 0 Å². The van der Waals surface area contributed by atoms with Crippen LogP contribution in [0.25, 0.3) is 0 Å². The second kappa shape index (κ2) is 5.46. The molecular formula is C12H22N4. The summed E-state index contributed by atoms with van der Waals surface area (Å²) in [5.41, 5.74) is 6.83. The molecule has 1 fully saturated rings. The molecule has 0 atom stereocenters. The van der Waals surface area contributed by atoms with Crippen LogP contribution in [0.15, 0.2) is 12.4 Å². The lowest BCUT2D eigenvalue weighted by Gasteiger charge is -2.28. The normalized spacial score (nSPS) is 19.1. The third kappa shape index (κ3) is 2.83. The van der Waals surface area contributed by atoms with E-state index in [2.05, 4.69) is 27.9 Å². The molecule has 2 N–H and O–H groups in total. The molecule has 0 bridgehead atoms. The van der Waals surface area contributed by atoms with Crippen molar-refractivity contribution in [3.05, 3.63) is 18.0 Å². The minimum Gasteiger partial charge on any atom is -0.330 e. The van der Waals surface area contributed by atoms with Crippen LogP contribution < -0.4 is 5.73 Å². The average Bonchev–Trinajstić information content (AvgIpc) is 2.76. The molecule has 0 spiro atoms. The summed E-state index contributed by atoms with van der Waals surface area (Å²) >= 11 is 0. The molecule has 16 heavy (non-hydrogen) atoms. The van der Waals surface area contributed by atoms with E-state index in [4.69, 9.17) is 5.73 Å². The van der Waals surface area contributed by atoms with Crippen LogP contribution in [0, 0.1) is 0 Å². The van der Waals surface area contributed by atoms with E-state index in [1.54, 1.807) is 0 Å². The second-order valence-electron chi connectivity index (χ2n) is 4.76. The fraction of sp³-hybridized carbons (Fsp3) is 0.750. The first kappa shape index (κ1) is 11.6. The highest BCUT2D eigenvalue weighted by Crippen LogP contribution is 2.21. The Morgan fingerprint density at radius 1 is 1.44 bits per heavy atom. The van der Waals surface area contributed by atoms with Crippen LogP contribution in [0.4, 0.5) is 0 Å². The zero-order valence-corrected chi connectivity index (χ0v) is 10.1. The number of aromatic nitrogens is 2. The van der Waals surface area contributed by atoms with Gasteiger partial charge in [-0.1, -0.05) is 0 Å². The van der Waals surface area contributed by atoms with Crippen LogP contribution in [0.5, 0.6) is 0 Å². The van der Waals surface area contributed by atoms with E-state index in [9.17, 15) is 0 Å². The Labute approximate surface area is 97.4 Å². The van der Waals surface area contributed by atoms with Gasteiger partial charge in [0.1, 0.15) is 0 Å². The van der Waals surface area contributed by atoms with Gasteiger partial charge in [0.2, 0.25) is 0 Å². The lowest BCUT2D eigenvalue weighted by atomic mass is 10.1. The van der Waals surface area contributed by atoms with Crippen molar-refractivity contribution in [2.45, 2.75) is 31.7 Å². The summed E-state index contributed by atoms with van der Waals surface area (Å²) in [5.74, 6) is 0. The fourth-order valence-corrected chi connectivity index (χ4v) is 2.27. The third-order valence-electron chi connectivity index (χ3n) is 3.39. The third-order valence-corrected chi connectivity index (χ3v) is 3.39. The molecule has 90 valence electrons. The minimum atomic E-state index is 0.600. The van der Waals surface area contributed by atoms with E-state index in [1.165, 1.54) is 31.5 Å². The van der Waals surface area contributed by atoms with Crippen molar-refractivity contribution in [1.82, 2.24) is 14.7 Å². The maximum atomic E-state index is 5.51. The lowest BCUT2D eigenvalue weighted by Crippen LogP contribution is -2.31. The van der Waals surface area contributed by atoms with Gasteiger partial charge in [0.15, 0.2) is 0 Å². The highest BCUT2D eigenvalue weighted by molar-refractivity contribution is 5.04. The van der Waals surface area contributed by atoms with E-state index < -0.39 is 0 Å². The van der Waals surface area contributed by atoms with Crippen molar-refractivity contribution < 1.29 is 0 Å². The van der Waals surface area contributed by atoms with Crippen LogP contribution in [-0.4, -0.2) is 41.4 Å². The molecule has 0 aliphatic carbocycles. The van der Waals surface area contributed by atoms with Gasteiger partial charge in [-0.3, -0.25) is 4.68 Å². The Balaban J connectivity index is 1.91.